The lowest BCUT2D eigenvalue weighted by molar-refractivity contribution is -0.133. The van der Waals surface area contributed by atoms with Crippen LogP contribution in [0.3, 0.4) is 0 Å². The van der Waals surface area contributed by atoms with Crippen molar-refractivity contribution in [2.45, 2.75) is 32.5 Å². The van der Waals surface area contributed by atoms with Crippen LogP contribution in [0.4, 0.5) is 5.95 Å². The van der Waals surface area contributed by atoms with Crippen molar-refractivity contribution < 1.29 is 9.90 Å². The molecule has 17 heavy (non-hydrogen) atoms. The van der Waals surface area contributed by atoms with Gasteiger partial charge in [-0.15, -0.1) is 10.2 Å². The Labute approximate surface area is 105 Å². The van der Waals surface area contributed by atoms with Gasteiger partial charge in [0.05, 0.1) is 5.75 Å². The molecule has 0 aliphatic carbocycles. The minimum absolute atomic E-state index is 0.0335. The summed E-state index contributed by atoms with van der Waals surface area (Å²) in [6, 6.07) is 0. The smallest absolute Gasteiger partial charge is 0.313 e. The van der Waals surface area contributed by atoms with Crippen LogP contribution in [0.15, 0.2) is 5.16 Å². The second-order valence-electron chi connectivity index (χ2n) is 4.36. The minimum Gasteiger partial charge on any atom is -0.481 e. The highest BCUT2D eigenvalue weighted by Gasteiger charge is 2.15. The second-order valence-corrected chi connectivity index (χ2v) is 5.30. The van der Waals surface area contributed by atoms with Gasteiger partial charge in [0.15, 0.2) is 5.16 Å². The Morgan fingerprint density at radius 2 is 2.12 bits per heavy atom. The summed E-state index contributed by atoms with van der Waals surface area (Å²) in [5.74, 6) is 0.380. The lowest BCUT2D eigenvalue weighted by Crippen LogP contribution is -2.16. The maximum Gasteiger partial charge on any atom is 0.313 e. The fraction of sp³-hybridized carbons (Fsp3) is 0.700. The van der Waals surface area contributed by atoms with Crippen molar-refractivity contribution in [3.8, 4) is 0 Å². The molecule has 0 aliphatic rings. The molecule has 7 heteroatoms. The number of carboxylic acids is 1. The summed E-state index contributed by atoms with van der Waals surface area (Å²) < 4.78 is 1.78. The fourth-order valence-electron chi connectivity index (χ4n) is 1.20. The fourth-order valence-corrected chi connectivity index (χ4v) is 1.88. The van der Waals surface area contributed by atoms with Gasteiger partial charge in [0.1, 0.15) is 0 Å². The van der Waals surface area contributed by atoms with E-state index in [9.17, 15) is 4.79 Å². The Morgan fingerprint density at radius 3 is 2.65 bits per heavy atom. The third-order valence-electron chi connectivity index (χ3n) is 2.68. The van der Waals surface area contributed by atoms with Crippen molar-refractivity contribution in [1.29, 1.82) is 0 Å². The van der Waals surface area contributed by atoms with Crippen LogP contribution < -0.4 is 5.73 Å². The van der Waals surface area contributed by atoms with Crippen LogP contribution >= 0.6 is 11.8 Å². The first-order chi connectivity index (χ1) is 7.91. The third kappa shape index (κ3) is 3.92. The van der Waals surface area contributed by atoms with E-state index in [4.69, 9.17) is 10.8 Å². The molecule has 1 atom stereocenters. The van der Waals surface area contributed by atoms with E-state index >= 15 is 0 Å². The van der Waals surface area contributed by atoms with Crippen LogP contribution in [0.5, 0.6) is 0 Å². The summed E-state index contributed by atoms with van der Waals surface area (Å²) in [5.41, 5.74) is 5.72. The maximum absolute atomic E-state index is 10.5. The molecule has 0 aromatic carbocycles. The Bertz CT molecular complexity index is 392. The number of thioether (sulfide) groups is 1. The van der Waals surface area contributed by atoms with Gasteiger partial charge in [-0.2, -0.15) is 0 Å². The average Bonchev–Trinajstić information content (AvgIpc) is 2.57. The molecule has 1 unspecified atom stereocenters. The summed E-state index contributed by atoms with van der Waals surface area (Å²) >= 11 is 1.14. The highest BCUT2D eigenvalue weighted by atomic mass is 32.2. The van der Waals surface area contributed by atoms with Crippen molar-refractivity contribution in [1.82, 2.24) is 14.8 Å². The number of nitrogens with zero attached hydrogens (tertiary/aromatic N) is 3. The number of nitrogen functional groups attached to an aromatic ring is 1. The molecule has 0 radical (unpaired) electrons. The molecule has 1 aromatic rings. The number of hydrogen-bond acceptors (Lipinski definition) is 5. The van der Waals surface area contributed by atoms with E-state index in [1.54, 1.807) is 4.57 Å². The van der Waals surface area contributed by atoms with Crippen molar-refractivity contribution in [3.63, 3.8) is 0 Å². The van der Waals surface area contributed by atoms with E-state index in [1.807, 2.05) is 0 Å². The molecule has 1 rings (SSSR count). The van der Waals surface area contributed by atoms with Gasteiger partial charge in [0.25, 0.3) is 0 Å². The van der Waals surface area contributed by atoms with Crippen LogP contribution in [-0.2, 0) is 11.3 Å². The lowest BCUT2D eigenvalue weighted by Gasteiger charge is -2.17. The van der Waals surface area contributed by atoms with Gasteiger partial charge >= 0.3 is 5.97 Å². The Kier molecular flexibility index (Phi) is 4.80. The molecule has 0 aliphatic heterocycles. The monoisotopic (exact) mass is 258 g/mol. The van der Waals surface area contributed by atoms with Gasteiger partial charge < -0.3 is 10.8 Å². The number of aromatic nitrogens is 3. The normalized spacial score (nSPS) is 12.9. The molecule has 0 bridgehead atoms. The second kappa shape index (κ2) is 5.90. The Balaban J connectivity index is 2.75. The minimum atomic E-state index is -0.875. The molecule has 0 amide bonds. The van der Waals surface area contributed by atoms with E-state index < -0.39 is 5.97 Å². The number of hydrogen-bond donors (Lipinski definition) is 2. The molecule has 1 aromatic heterocycles. The number of carboxylic acid groups (broad SMARTS) is 1. The van der Waals surface area contributed by atoms with E-state index in [0.717, 1.165) is 11.8 Å². The molecule has 1 heterocycles. The molecule has 3 N–H and O–H groups in total. The predicted molar refractivity (Wildman–Crippen MR) is 66.8 cm³/mol. The van der Waals surface area contributed by atoms with Crippen molar-refractivity contribution in [3.05, 3.63) is 0 Å². The van der Waals surface area contributed by atoms with Gasteiger partial charge in [-0.25, -0.2) is 0 Å². The maximum atomic E-state index is 10.5. The summed E-state index contributed by atoms with van der Waals surface area (Å²) in [5, 5.41) is 16.9. The number of anilines is 1. The van der Waals surface area contributed by atoms with Crippen LogP contribution in [0.25, 0.3) is 0 Å². The summed E-state index contributed by atoms with van der Waals surface area (Å²) in [7, 11) is 0. The molecule has 0 saturated carbocycles. The van der Waals surface area contributed by atoms with Gasteiger partial charge in [-0.3, -0.25) is 9.36 Å². The quantitative estimate of drug-likeness (QED) is 0.747. The van der Waals surface area contributed by atoms with Gasteiger partial charge in [-0.1, -0.05) is 32.5 Å². The van der Waals surface area contributed by atoms with E-state index in [1.165, 1.54) is 0 Å². The SMILES string of the molecule is CC(C)C(C)Cn1c(N)nnc1SCC(=O)O. The summed E-state index contributed by atoms with van der Waals surface area (Å²) in [6.45, 7) is 7.10. The standard InChI is InChI=1S/C10H18N4O2S/c1-6(2)7(3)4-14-9(11)12-13-10(14)17-5-8(15)16/h6-7H,4-5H2,1-3H3,(H2,11,12)(H,15,16). The molecular formula is C10H18N4O2S. The van der Waals surface area contributed by atoms with Crippen molar-refractivity contribution >= 4 is 23.7 Å². The first kappa shape index (κ1) is 13.8. The summed E-state index contributed by atoms with van der Waals surface area (Å²) in [6.07, 6.45) is 0. The number of aliphatic carboxylic acids is 1. The summed E-state index contributed by atoms with van der Waals surface area (Å²) in [4.78, 5) is 10.5. The highest BCUT2D eigenvalue weighted by Crippen LogP contribution is 2.21. The first-order valence-electron chi connectivity index (χ1n) is 5.45. The van der Waals surface area contributed by atoms with E-state index in [0.29, 0.717) is 29.5 Å². The molecule has 0 spiro atoms. The third-order valence-corrected chi connectivity index (χ3v) is 3.63. The van der Waals surface area contributed by atoms with Crippen LogP contribution in [0.1, 0.15) is 20.8 Å². The molecule has 6 nitrogen and oxygen atoms in total. The van der Waals surface area contributed by atoms with Gasteiger partial charge in [0.2, 0.25) is 5.95 Å². The van der Waals surface area contributed by atoms with E-state index in [-0.39, 0.29) is 5.75 Å². The van der Waals surface area contributed by atoms with Gasteiger partial charge in [0, 0.05) is 6.54 Å². The van der Waals surface area contributed by atoms with Gasteiger partial charge in [-0.05, 0) is 11.8 Å². The zero-order chi connectivity index (χ0) is 13.0. The molecule has 0 saturated heterocycles. The van der Waals surface area contributed by atoms with Crippen LogP contribution in [0, 0.1) is 11.8 Å². The predicted octanol–water partition coefficient (Wildman–Crippen LogP) is 1.33. The van der Waals surface area contributed by atoms with Crippen molar-refractivity contribution in [2.75, 3.05) is 11.5 Å². The Hall–Kier alpha value is -1.24. The Morgan fingerprint density at radius 1 is 1.47 bits per heavy atom. The zero-order valence-corrected chi connectivity index (χ0v) is 11.1. The zero-order valence-electron chi connectivity index (χ0n) is 10.3. The number of rotatable bonds is 6. The lowest BCUT2D eigenvalue weighted by atomic mass is 9.98. The van der Waals surface area contributed by atoms with Crippen molar-refractivity contribution in [2.24, 2.45) is 11.8 Å². The number of carbonyl (C=O) groups is 1. The van der Waals surface area contributed by atoms with Crippen LogP contribution in [-0.4, -0.2) is 31.6 Å². The average molecular weight is 258 g/mol. The molecule has 96 valence electrons. The molecular weight excluding hydrogens is 240 g/mol. The number of nitrogens with two attached hydrogens (primary N) is 1. The van der Waals surface area contributed by atoms with E-state index in [2.05, 4.69) is 31.0 Å². The largest absolute Gasteiger partial charge is 0.481 e. The van der Waals surface area contributed by atoms with Crippen LogP contribution in [0.2, 0.25) is 0 Å². The first-order valence-corrected chi connectivity index (χ1v) is 6.43. The topological polar surface area (TPSA) is 94.0 Å². The molecule has 0 fully saturated rings. The highest BCUT2D eigenvalue weighted by molar-refractivity contribution is 7.99.